The number of benzene rings is 3. The van der Waals surface area contributed by atoms with Crippen molar-refractivity contribution >= 4 is 58.6 Å². The number of hydrogen-bond donors (Lipinski definition) is 6. The van der Waals surface area contributed by atoms with Gasteiger partial charge in [0.2, 0.25) is 11.9 Å². The molecule has 1 saturated carbocycles. The van der Waals surface area contributed by atoms with Gasteiger partial charge in [0.15, 0.2) is 6.61 Å². The van der Waals surface area contributed by atoms with E-state index in [2.05, 4.69) is 57.1 Å². The van der Waals surface area contributed by atoms with Gasteiger partial charge in [0, 0.05) is 28.5 Å². The van der Waals surface area contributed by atoms with Crippen LogP contribution in [0.1, 0.15) is 28.8 Å². The number of carbonyl (C=O) groups is 4. The molecule has 18 nitrogen and oxygen atoms in total. The van der Waals surface area contributed by atoms with E-state index < -0.39 is 60.6 Å². The first-order chi connectivity index (χ1) is 26.2. The summed E-state index contributed by atoms with van der Waals surface area (Å²) < 4.78 is 45.0. The lowest BCUT2D eigenvalue weighted by atomic mass is 10.1. The van der Waals surface area contributed by atoms with Gasteiger partial charge in [-0.3, -0.25) is 14.4 Å². The lowest BCUT2D eigenvalue weighted by Gasteiger charge is -2.19. The molecular weight excluding hydrogens is 753 g/mol. The molecule has 6 rings (SSSR count). The molecule has 0 spiro atoms. The van der Waals surface area contributed by atoms with E-state index in [4.69, 9.17) is 16.3 Å². The standard InChI is InChI=1S/C33H28ClF3N12O6/c34-20-5-3-19(4-6-20)32(13-14-32)46-30-43-29(44-31(45-30)55-16-33(35,36)37)41-22-7-1-18(2-8-22)25(50)42-24(28(53)54)15-38-26(51)27(52)40-21-9-11-23(12-10-21)49-17-39-47-48-49/h1-12,17,24H,13-16H2,(H,38,51)(H,40,52)(H,42,50)(H,53,54)(H2,41,43,44,45,46)/t24-/m0/s1. The van der Waals surface area contributed by atoms with E-state index in [0.29, 0.717) is 29.2 Å². The minimum absolute atomic E-state index is 0.0110. The first-order valence-electron chi connectivity index (χ1n) is 16.1. The Bertz CT molecular complexity index is 2170. The van der Waals surface area contributed by atoms with Crippen molar-refractivity contribution < 1.29 is 42.2 Å². The number of aliphatic carboxylic acids is 1. The Hall–Kier alpha value is -6.90. The quantitative estimate of drug-likeness (QED) is 0.0888. The van der Waals surface area contributed by atoms with Crippen LogP contribution in [0.4, 0.5) is 36.4 Å². The Morgan fingerprint density at radius 3 is 2.18 bits per heavy atom. The number of hydrogen-bond acceptors (Lipinski definition) is 13. The van der Waals surface area contributed by atoms with Gasteiger partial charge in [-0.2, -0.15) is 28.1 Å². The van der Waals surface area contributed by atoms with E-state index >= 15 is 0 Å². The number of nitrogens with one attached hydrogen (secondary N) is 5. The molecule has 1 fully saturated rings. The Balaban J connectivity index is 1.06. The van der Waals surface area contributed by atoms with Crippen LogP contribution in [0, 0.1) is 0 Å². The molecule has 5 aromatic rings. The minimum atomic E-state index is -4.66. The van der Waals surface area contributed by atoms with Crippen molar-refractivity contribution in [1.82, 2.24) is 45.8 Å². The summed E-state index contributed by atoms with van der Waals surface area (Å²) in [6.07, 6.45) is -1.91. The zero-order valence-corrected chi connectivity index (χ0v) is 28.8. The SMILES string of the molecule is O=C(NC[C@H](NC(=O)c1ccc(Nc2nc(NC3(c4ccc(Cl)cc4)CC3)nc(OCC(F)(F)F)n2)cc1)C(=O)O)C(=O)Nc1ccc(-n2cnnn2)cc1. The summed E-state index contributed by atoms with van der Waals surface area (Å²) in [6, 6.07) is 16.5. The fraction of sp³-hybridized carbons (Fsp3) is 0.212. The highest BCUT2D eigenvalue weighted by Crippen LogP contribution is 2.48. The zero-order valence-electron chi connectivity index (χ0n) is 28.0. The maximum atomic E-state index is 12.9. The van der Waals surface area contributed by atoms with Gasteiger partial charge in [-0.25, -0.2) is 9.48 Å². The van der Waals surface area contributed by atoms with Gasteiger partial charge in [0.1, 0.15) is 12.4 Å². The molecule has 3 aromatic carbocycles. The summed E-state index contributed by atoms with van der Waals surface area (Å²) in [5.74, 6) is -4.78. The van der Waals surface area contributed by atoms with Crippen LogP contribution in [-0.4, -0.2) is 89.3 Å². The van der Waals surface area contributed by atoms with Gasteiger partial charge in [-0.05, 0) is 89.5 Å². The third-order valence-corrected chi connectivity index (χ3v) is 8.15. The van der Waals surface area contributed by atoms with Gasteiger partial charge < -0.3 is 36.4 Å². The lowest BCUT2D eigenvalue weighted by Crippen LogP contribution is -2.50. The average Bonchev–Trinajstić information content (AvgIpc) is 3.71. The van der Waals surface area contributed by atoms with E-state index in [0.717, 1.165) is 5.56 Å². The van der Waals surface area contributed by atoms with E-state index in [9.17, 15) is 37.5 Å². The van der Waals surface area contributed by atoms with Crippen LogP contribution in [0.3, 0.4) is 0 Å². The second-order valence-electron chi connectivity index (χ2n) is 11.9. The van der Waals surface area contributed by atoms with Gasteiger partial charge in [-0.1, -0.05) is 23.7 Å². The number of carboxylic acid groups (broad SMARTS) is 1. The minimum Gasteiger partial charge on any atom is -0.480 e. The number of halogens is 4. The molecule has 55 heavy (non-hydrogen) atoms. The van der Waals surface area contributed by atoms with Crippen molar-refractivity contribution in [1.29, 1.82) is 0 Å². The molecule has 22 heteroatoms. The second-order valence-corrected chi connectivity index (χ2v) is 12.4. The second kappa shape index (κ2) is 16.0. The number of alkyl halides is 3. The summed E-state index contributed by atoms with van der Waals surface area (Å²) in [5.41, 5.74) is 1.46. The van der Waals surface area contributed by atoms with Crippen molar-refractivity contribution in [3.8, 4) is 11.7 Å². The number of rotatable bonds is 14. The highest BCUT2D eigenvalue weighted by molar-refractivity contribution is 6.39. The molecule has 1 atom stereocenters. The third-order valence-electron chi connectivity index (χ3n) is 7.90. The number of anilines is 4. The van der Waals surface area contributed by atoms with Crippen molar-refractivity contribution in [2.45, 2.75) is 30.6 Å². The van der Waals surface area contributed by atoms with Crippen LogP contribution in [0.25, 0.3) is 5.69 Å². The van der Waals surface area contributed by atoms with Crippen LogP contribution in [0.15, 0.2) is 79.1 Å². The summed E-state index contributed by atoms with van der Waals surface area (Å²) in [4.78, 5) is 61.8. The summed E-state index contributed by atoms with van der Waals surface area (Å²) in [6.45, 7) is -2.27. The number of carboxylic acids is 1. The normalized spacial score (nSPS) is 13.5. The predicted octanol–water partition coefficient (Wildman–Crippen LogP) is 3.22. The van der Waals surface area contributed by atoms with Gasteiger partial charge in [0.25, 0.3) is 5.91 Å². The fourth-order valence-electron chi connectivity index (χ4n) is 4.99. The molecule has 0 aliphatic heterocycles. The van der Waals surface area contributed by atoms with E-state index in [1.807, 2.05) is 12.1 Å². The molecule has 3 amide bonds. The molecule has 1 aliphatic carbocycles. The molecule has 0 unspecified atom stereocenters. The third kappa shape index (κ3) is 10.2. The van der Waals surface area contributed by atoms with Crippen LogP contribution < -0.4 is 31.3 Å². The topological polar surface area (TPSA) is 240 Å². The highest BCUT2D eigenvalue weighted by Gasteiger charge is 2.45. The first kappa shape index (κ1) is 37.8. The summed E-state index contributed by atoms with van der Waals surface area (Å²) in [7, 11) is 0. The number of ether oxygens (including phenoxy) is 1. The molecule has 284 valence electrons. The zero-order chi connectivity index (χ0) is 39.2. The first-order valence-corrected chi connectivity index (χ1v) is 16.5. The Morgan fingerprint density at radius 1 is 0.891 bits per heavy atom. The van der Waals surface area contributed by atoms with Crippen molar-refractivity contribution in [2.75, 3.05) is 29.1 Å². The van der Waals surface area contributed by atoms with Gasteiger partial charge >= 0.3 is 30.0 Å². The number of nitrogens with zero attached hydrogens (tertiary/aromatic N) is 7. The largest absolute Gasteiger partial charge is 0.480 e. The highest BCUT2D eigenvalue weighted by atomic mass is 35.5. The molecule has 1 aliphatic rings. The summed E-state index contributed by atoms with van der Waals surface area (Å²) in [5, 5.41) is 33.8. The van der Waals surface area contributed by atoms with Crippen LogP contribution in [0.5, 0.6) is 6.01 Å². The maximum absolute atomic E-state index is 12.9. The van der Waals surface area contributed by atoms with E-state index in [1.165, 1.54) is 47.4 Å². The van der Waals surface area contributed by atoms with Crippen molar-refractivity contribution in [2.24, 2.45) is 0 Å². The average molecular weight is 781 g/mol. The molecule has 6 N–H and O–H groups in total. The predicted molar refractivity (Wildman–Crippen MR) is 187 cm³/mol. The molecule has 0 bridgehead atoms. The van der Waals surface area contributed by atoms with Crippen molar-refractivity contribution in [3.63, 3.8) is 0 Å². The Morgan fingerprint density at radius 2 is 1.56 bits per heavy atom. The number of aromatic nitrogens is 7. The van der Waals surface area contributed by atoms with E-state index in [1.54, 1.807) is 24.3 Å². The van der Waals surface area contributed by atoms with Crippen LogP contribution >= 0.6 is 11.6 Å². The Kier molecular flexibility index (Phi) is 11.0. The van der Waals surface area contributed by atoms with E-state index in [-0.39, 0.29) is 23.1 Å². The number of tetrazole rings is 1. The lowest BCUT2D eigenvalue weighted by molar-refractivity contribution is -0.154. The maximum Gasteiger partial charge on any atom is 0.422 e. The fourth-order valence-corrected chi connectivity index (χ4v) is 5.11. The smallest absolute Gasteiger partial charge is 0.422 e. The monoisotopic (exact) mass is 780 g/mol. The molecule has 0 saturated heterocycles. The molecule has 0 radical (unpaired) electrons. The van der Waals surface area contributed by atoms with Gasteiger partial charge in [-0.15, -0.1) is 5.10 Å². The molecule has 2 aromatic heterocycles. The summed E-state index contributed by atoms with van der Waals surface area (Å²) >= 11 is 6.02. The molecule has 2 heterocycles. The van der Waals surface area contributed by atoms with Crippen LogP contribution in [0.2, 0.25) is 5.02 Å². The molecular formula is C33H28ClF3N12O6. The number of carbonyl (C=O) groups excluding carboxylic acids is 3. The number of amides is 3. The van der Waals surface area contributed by atoms with Gasteiger partial charge in [0.05, 0.1) is 11.2 Å². The van der Waals surface area contributed by atoms with Crippen LogP contribution in [-0.2, 0) is 19.9 Å². The Labute approximate surface area is 312 Å². The van der Waals surface area contributed by atoms with Crippen molar-refractivity contribution in [3.05, 3.63) is 95.3 Å².